The monoisotopic (exact) mass is 370 g/mol. The molecule has 1 aromatic carbocycles. The van der Waals surface area contributed by atoms with Gasteiger partial charge in [-0.3, -0.25) is 0 Å². The van der Waals surface area contributed by atoms with E-state index in [0.717, 1.165) is 16.6 Å². The maximum atomic E-state index is 4.63. The Balaban J connectivity index is 1.90. The summed E-state index contributed by atoms with van der Waals surface area (Å²) in [6, 6.07) is 8.93. The summed E-state index contributed by atoms with van der Waals surface area (Å²) >= 11 is 7.16. The van der Waals surface area contributed by atoms with Gasteiger partial charge in [0, 0.05) is 32.5 Å². The molecule has 0 fully saturated rings. The summed E-state index contributed by atoms with van der Waals surface area (Å²) in [6.07, 6.45) is 0.999. The van der Waals surface area contributed by atoms with Crippen molar-refractivity contribution in [2.24, 2.45) is 0 Å². The summed E-state index contributed by atoms with van der Waals surface area (Å²) in [7, 11) is 2.03. The van der Waals surface area contributed by atoms with Crippen LogP contribution in [0.15, 0.2) is 33.6 Å². The summed E-state index contributed by atoms with van der Waals surface area (Å²) in [4.78, 5) is 7.26. The molecule has 5 heteroatoms. The third-order valence-electron chi connectivity index (χ3n) is 3.17. The maximum Gasteiger partial charge on any atom is 0.0946 e. The van der Waals surface area contributed by atoms with E-state index in [1.54, 1.807) is 0 Å². The van der Waals surface area contributed by atoms with Crippen molar-refractivity contribution in [3.05, 3.63) is 44.3 Å². The fourth-order valence-electron chi connectivity index (χ4n) is 1.81. The van der Waals surface area contributed by atoms with Crippen LogP contribution in [0, 0.1) is 13.8 Å². The highest BCUT2D eigenvalue weighted by Gasteiger charge is 2.12. The van der Waals surface area contributed by atoms with Crippen LogP contribution in [0.2, 0.25) is 0 Å². The average molecular weight is 371 g/mol. The largest absolute Gasteiger partial charge is 0.316 e. The van der Waals surface area contributed by atoms with E-state index in [-0.39, 0.29) is 0 Å². The van der Waals surface area contributed by atoms with Gasteiger partial charge in [-0.05, 0) is 45.2 Å². The van der Waals surface area contributed by atoms with E-state index < -0.39 is 0 Å². The number of rotatable bonds is 6. The smallest absolute Gasteiger partial charge is 0.0946 e. The van der Waals surface area contributed by atoms with Gasteiger partial charge in [-0.1, -0.05) is 15.9 Å². The van der Waals surface area contributed by atoms with E-state index in [9.17, 15) is 0 Å². The topological polar surface area (TPSA) is 24.9 Å². The van der Waals surface area contributed by atoms with E-state index >= 15 is 0 Å². The predicted molar refractivity (Wildman–Crippen MR) is 93.0 cm³/mol. The summed E-state index contributed by atoms with van der Waals surface area (Å²) in [5.41, 5.74) is 1.17. The molecule has 0 aliphatic carbocycles. The van der Waals surface area contributed by atoms with Gasteiger partial charge in [-0.15, -0.1) is 23.1 Å². The molecule has 0 spiro atoms. The summed E-state index contributed by atoms with van der Waals surface area (Å²) in [5.74, 6) is 1.05. The third-order valence-corrected chi connectivity index (χ3v) is 5.97. The lowest BCUT2D eigenvalue weighted by molar-refractivity contribution is 0.615. The molecule has 0 aliphatic rings. The predicted octanol–water partition coefficient (Wildman–Crippen LogP) is 4.45. The van der Waals surface area contributed by atoms with Gasteiger partial charge in [0.05, 0.1) is 10.7 Å². The van der Waals surface area contributed by atoms with Crippen LogP contribution in [0.4, 0.5) is 0 Å². The Bertz CT molecular complexity index is 532. The van der Waals surface area contributed by atoms with Crippen LogP contribution in [0.3, 0.4) is 0 Å². The molecule has 0 saturated carbocycles. The molecule has 1 atom stereocenters. The minimum Gasteiger partial charge on any atom is -0.316 e. The fraction of sp³-hybridized carbons (Fsp3) is 0.400. The molecule has 0 aliphatic heterocycles. The first-order valence-corrected chi connectivity index (χ1v) is 9.16. The highest BCUT2D eigenvalue weighted by Crippen LogP contribution is 2.23. The van der Waals surface area contributed by atoms with Crippen molar-refractivity contribution in [2.75, 3.05) is 12.8 Å². The van der Waals surface area contributed by atoms with Crippen molar-refractivity contribution in [1.29, 1.82) is 0 Å². The Hall–Kier alpha value is -0.360. The van der Waals surface area contributed by atoms with E-state index in [0.29, 0.717) is 6.04 Å². The minimum absolute atomic E-state index is 0.452. The van der Waals surface area contributed by atoms with Crippen molar-refractivity contribution >= 4 is 39.0 Å². The highest BCUT2D eigenvalue weighted by atomic mass is 79.9. The van der Waals surface area contributed by atoms with Gasteiger partial charge in [0.15, 0.2) is 0 Å². The molecule has 0 radical (unpaired) electrons. The van der Waals surface area contributed by atoms with E-state index in [1.807, 2.05) is 30.1 Å². The fourth-order valence-corrected chi connectivity index (χ4v) is 4.09. The van der Waals surface area contributed by atoms with Crippen LogP contribution in [-0.4, -0.2) is 23.8 Å². The molecule has 1 N–H and O–H groups in total. The van der Waals surface area contributed by atoms with Gasteiger partial charge in [0.25, 0.3) is 0 Å². The normalized spacial score (nSPS) is 12.6. The van der Waals surface area contributed by atoms with E-state index in [1.165, 1.54) is 20.5 Å². The number of benzene rings is 1. The van der Waals surface area contributed by atoms with Gasteiger partial charge in [-0.2, -0.15) is 0 Å². The Morgan fingerprint density at radius 3 is 2.55 bits per heavy atom. The number of thioether (sulfide) groups is 1. The Labute approximate surface area is 137 Å². The van der Waals surface area contributed by atoms with Crippen LogP contribution in [0.5, 0.6) is 0 Å². The molecule has 2 nitrogen and oxygen atoms in total. The number of halogens is 1. The van der Waals surface area contributed by atoms with Crippen LogP contribution < -0.4 is 5.32 Å². The zero-order valence-electron chi connectivity index (χ0n) is 11.9. The lowest BCUT2D eigenvalue weighted by Crippen LogP contribution is -2.30. The molecule has 20 heavy (non-hydrogen) atoms. The second kappa shape index (κ2) is 7.59. The highest BCUT2D eigenvalue weighted by molar-refractivity contribution is 9.10. The van der Waals surface area contributed by atoms with Gasteiger partial charge in [0.2, 0.25) is 0 Å². The van der Waals surface area contributed by atoms with Crippen LogP contribution in [0.25, 0.3) is 0 Å². The van der Waals surface area contributed by atoms with Crippen molar-refractivity contribution in [3.8, 4) is 0 Å². The molecular formula is C15H19BrN2S2. The Morgan fingerprint density at radius 1 is 1.30 bits per heavy atom. The number of aryl methyl sites for hydroxylation is 2. The van der Waals surface area contributed by atoms with Crippen molar-refractivity contribution in [2.45, 2.75) is 31.2 Å². The second-order valence-corrected chi connectivity index (χ2v) is 8.00. The van der Waals surface area contributed by atoms with Crippen molar-refractivity contribution in [3.63, 3.8) is 0 Å². The quantitative estimate of drug-likeness (QED) is 0.760. The molecule has 1 unspecified atom stereocenters. The average Bonchev–Trinajstić information content (AvgIpc) is 2.75. The van der Waals surface area contributed by atoms with Crippen molar-refractivity contribution < 1.29 is 0 Å². The number of likely N-dealkylation sites (N-methyl/N-ethyl adjacent to an activating group) is 1. The number of hydrogen-bond acceptors (Lipinski definition) is 4. The summed E-state index contributed by atoms with van der Waals surface area (Å²) in [5, 5.41) is 4.63. The zero-order valence-corrected chi connectivity index (χ0v) is 15.2. The molecule has 0 amide bonds. The molecule has 2 aromatic rings. The number of thiazole rings is 1. The van der Waals surface area contributed by atoms with Crippen LogP contribution in [-0.2, 0) is 6.42 Å². The molecule has 0 saturated heterocycles. The number of hydrogen-bond donors (Lipinski definition) is 1. The van der Waals surface area contributed by atoms with Crippen LogP contribution >= 0.6 is 39.0 Å². The van der Waals surface area contributed by atoms with Gasteiger partial charge < -0.3 is 5.32 Å². The third kappa shape index (κ3) is 4.58. The molecular weight excluding hydrogens is 352 g/mol. The standard InChI is InChI=1S/C15H19BrN2S2/c1-10-11(2)20-15(18-10)8-13(17-3)9-19-14-6-4-12(16)5-7-14/h4-7,13,17H,8-9H2,1-3H3. The number of aromatic nitrogens is 1. The number of nitrogens with zero attached hydrogens (tertiary/aromatic N) is 1. The molecule has 2 rings (SSSR count). The molecule has 108 valence electrons. The zero-order chi connectivity index (χ0) is 14.5. The minimum atomic E-state index is 0.452. The van der Waals surface area contributed by atoms with Crippen LogP contribution in [0.1, 0.15) is 15.6 Å². The summed E-state index contributed by atoms with van der Waals surface area (Å²) in [6.45, 7) is 4.22. The SMILES string of the molecule is CNC(CSc1ccc(Br)cc1)Cc1nc(C)c(C)s1. The first-order chi connectivity index (χ1) is 9.58. The Morgan fingerprint density at radius 2 is 2.00 bits per heavy atom. The van der Waals surface area contributed by atoms with Gasteiger partial charge in [-0.25, -0.2) is 4.98 Å². The van der Waals surface area contributed by atoms with Crippen molar-refractivity contribution in [1.82, 2.24) is 10.3 Å². The van der Waals surface area contributed by atoms with Gasteiger partial charge >= 0.3 is 0 Å². The lowest BCUT2D eigenvalue weighted by Gasteiger charge is -2.14. The molecule has 1 aromatic heterocycles. The molecule has 1 heterocycles. The first-order valence-electron chi connectivity index (χ1n) is 6.57. The van der Waals surface area contributed by atoms with Gasteiger partial charge in [0.1, 0.15) is 0 Å². The number of nitrogens with one attached hydrogen (secondary N) is 1. The second-order valence-electron chi connectivity index (χ2n) is 4.70. The summed E-state index contributed by atoms with van der Waals surface area (Å²) < 4.78 is 1.13. The Kier molecular flexibility index (Phi) is 6.08. The molecule has 0 bridgehead atoms. The van der Waals surface area contributed by atoms with E-state index in [4.69, 9.17) is 0 Å². The lowest BCUT2D eigenvalue weighted by atomic mass is 10.2. The van der Waals surface area contributed by atoms with E-state index in [2.05, 4.69) is 64.3 Å². The maximum absolute atomic E-state index is 4.63. The first kappa shape index (κ1) is 16.0.